The molecule has 0 atom stereocenters. The van der Waals surface area contributed by atoms with E-state index < -0.39 is 0 Å². The number of nitrogen functional groups attached to an aromatic ring is 1. The van der Waals surface area contributed by atoms with Gasteiger partial charge in [-0.2, -0.15) is 4.98 Å². The highest BCUT2D eigenvalue weighted by atomic mass is 32.2. The van der Waals surface area contributed by atoms with Crippen molar-refractivity contribution in [2.24, 2.45) is 5.84 Å². The lowest BCUT2D eigenvalue weighted by molar-refractivity contribution is 0.796. The number of rotatable bonds is 2. The number of anilines is 1. The first kappa shape index (κ1) is 8.27. The molecule has 2 aromatic heterocycles. The molecule has 2 rings (SSSR count). The first-order valence-corrected chi connectivity index (χ1v) is 4.79. The number of aromatic nitrogens is 4. The highest BCUT2D eigenvalue weighted by Gasteiger charge is 2.06. The van der Waals surface area contributed by atoms with Crippen molar-refractivity contribution in [2.75, 3.05) is 11.7 Å². The van der Waals surface area contributed by atoms with E-state index in [0.717, 1.165) is 0 Å². The minimum absolute atomic E-state index is 0.532. The largest absolute Gasteiger partial charge is 0.305 e. The van der Waals surface area contributed by atoms with Gasteiger partial charge in [0.15, 0.2) is 11.5 Å². The molecular weight excluding hydrogens is 188 g/mol. The average Bonchev–Trinajstić information content (AvgIpc) is 2.63. The van der Waals surface area contributed by atoms with Crippen LogP contribution in [0.4, 0.5) is 5.82 Å². The second-order valence-corrected chi connectivity index (χ2v) is 3.06. The zero-order valence-electron chi connectivity index (χ0n) is 6.93. The molecule has 0 unspecified atom stereocenters. The van der Waals surface area contributed by atoms with E-state index in [1.54, 1.807) is 16.9 Å². The molecule has 0 bridgehead atoms. The van der Waals surface area contributed by atoms with Gasteiger partial charge in [-0.25, -0.2) is 15.3 Å². The average molecular weight is 196 g/mol. The summed E-state index contributed by atoms with van der Waals surface area (Å²) in [7, 11) is 0. The zero-order chi connectivity index (χ0) is 9.26. The Morgan fingerprint density at radius 1 is 1.62 bits per heavy atom. The molecule has 0 aliphatic rings. The van der Waals surface area contributed by atoms with E-state index in [-0.39, 0.29) is 0 Å². The second kappa shape index (κ2) is 3.19. The van der Waals surface area contributed by atoms with Crippen LogP contribution in [0.15, 0.2) is 17.6 Å². The number of hydrogen-bond acceptors (Lipinski definition) is 6. The molecule has 0 amide bonds. The van der Waals surface area contributed by atoms with Gasteiger partial charge in [0.05, 0.1) is 0 Å². The molecule has 0 fully saturated rings. The Morgan fingerprint density at radius 2 is 2.46 bits per heavy atom. The maximum Gasteiger partial charge on any atom is 0.209 e. The first-order chi connectivity index (χ1) is 6.35. The Kier molecular flexibility index (Phi) is 2.03. The van der Waals surface area contributed by atoms with Gasteiger partial charge >= 0.3 is 0 Å². The molecule has 2 heterocycles. The number of nitrogens with zero attached hydrogens (tertiary/aromatic N) is 4. The fourth-order valence-corrected chi connectivity index (χ4v) is 1.34. The molecule has 0 saturated carbocycles. The molecule has 3 N–H and O–H groups in total. The molecule has 0 aromatic carbocycles. The Morgan fingerprint density at radius 3 is 3.15 bits per heavy atom. The Labute approximate surface area is 78.5 Å². The summed E-state index contributed by atoms with van der Waals surface area (Å²) in [5, 5.41) is 4.82. The van der Waals surface area contributed by atoms with Crippen LogP contribution in [-0.2, 0) is 0 Å². The Bertz CT molecular complexity index is 424. The summed E-state index contributed by atoms with van der Waals surface area (Å²) < 4.78 is 1.63. The van der Waals surface area contributed by atoms with E-state index in [4.69, 9.17) is 5.84 Å². The SMILES string of the molecule is CSc1nc(NN)c2nccn2n1. The third-order valence-electron chi connectivity index (χ3n) is 1.55. The van der Waals surface area contributed by atoms with Crippen molar-refractivity contribution in [2.45, 2.75) is 5.16 Å². The van der Waals surface area contributed by atoms with Gasteiger partial charge in [0.25, 0.3) is 0 Å². The minimum atomic E-state index is 0.532. The molecule has 0 aliphatic heterocycles. The molecule has 2 aromatic rings. The van der Waals surface area contributed by atoms with Gasteiger partial charge in [-0.1, -0.05) is 11.8 Å². The number of nitrogens with one attached hydrogen (secondary N) is 1. The van der Waals surface area contributed by atoms with Gasteiger partial charge in [-0.15, -0.1) is 5.10 Å². The number of hydrogen-bond donors (Lipinski definition) is 2. The highest BCUT2D eigenvalue weighted by molar-refractivity contribution is 7.98. The van der Waals surface area contributed by atoms with E-state index in [1.165, 1.54) is 11.8 Å². The normalized spacial score (nSPS) is 10.6. The number of fused-ring (bicyclic) bond motifs is 1. The van der Waals surface area contributed by atoms with Crippen molar-refractivity contribution in [1.82, 2.24) is 19.6 Å². The quantitative estimate of drug-likeness (QED) is 0.404. The van der Waals surface area contributed by atoms with Gasteiger partial charge in [0, 0.05) is 12.4 Å². The van der Waals surface area contributed by atoms with E-state index in [1.807, 2.05) is 6.26 Å². The number of thioether (sulfide) groups is 1. The molecule has 68 valence electrons. The third kappa shape index (κ3) is 1.31. The van der Waals surface area contributed by atoms with Crippen LogP contribution in [0.5, 0.6) is 0 Å². The van der Waals surface area contributed by atoms with E-state index >= 15 is 0 Å². The third-order valence-corrected chi connectivity index (χ3v) is 2.09. The van der Waals surface area contributed by atoms with Crippen molar-refractivity contribution >= 4 is 23.2 Å². The molecule has 0 aliphatic carbocycles. The maximum atomic E-state index is 5.30. The summed E-state index contributed by atoms with van der Waals surface area (Å²) in [5.74, 6) is 5.83. The van der Waals surface area contributed by atoms with Crippen LogP contribution in [0.2, 0.25) is 0 Å². The predicted octanol–water partition coefficient (Wildman–Crippen LogP) is 0.132. The number of hydrazine groups is 1. The standard InChI is InChI=1S/C6H8N6S/c1-13-6-9-4(10-7)5-8-2-3-12(5)11-6/h2-3H,7H2,1H3,(H,9,10,11). The first-order valence-electron chi connectivity index (χ1n) is 3.57. The molecular formula is C6H8N6S. The van der Waals surface area contributed by atoms with Gasteiger partial charge in [0.2, 0.25) is 5.16 Å². The summed E-state index contributed by atoms with van der Waals surface area (Å²) in [6.45, 7) is 0. The van der Waals surface area contributed by atoms with Crippen LogP contribution in [0.1, 0.15) is 0 Å². The predicted molar refractivity (Wildman–Crippen MR) is 50.4 cm³/mol. The lowest BCUT2D eigenvalue weighted by atomic mass is 10.7. The van der Waals surface area contributed by atoms with Crippen molar-refractivity contribution in [3.05, 3.63) is 12.4 Å². The monoisotopic (exact) mass is 196 g/mol. The number of imidazole rings is 1. The molecule has 0 radical (unpaired) electrons. The van der Waals surface area contributed by atoms with Crippen LogP contribution < -0.4 is 11.3 Å². The summed E-state index contributed by atoms with van der Waals surface area (Å²) >= 11 is 1.45. The highest BCUT2D eigenvalue weighted by Crippen LogP contribution is 2.14. The van der Waals surface area contributed by atoms with Crippen LogP contribution in [0, 0.1) is 0 Å². The van der Waals surface area contributed by atoms with Crippen molar-refractivity contribution in [3.63, 3.8) is 0 Å². The fraction of sp³-hybridized carbons (Fsp3) is 0.167. The lowest BCUT2D eigenvalue weighted by Gasteiger charge is -2.02. The molecule has 6 nitrogen and oxygen atoms in total. The van der Waals surface area contributed by atoms with Gasteiger partial charge < -0.3 is 5.43 Å². The van der Waals surface area contributed by atoms with E-state index in [2.05, 4.69) is 20.5 Å². The van der Waals surface area contributed by atoms with Crippen LogP contribution in [0.3, 0.4) is 0 Å². The zero-order valence-corrected chi connectivity index (χ0v) is 7.75. The topological polar surface area (TPSA) is 81.1 Å². The molecule has 7 heteroatoms. The second-order valence-electron chi connectivity index (χ2n) is 2.29. The maximum absolute atomic E-state index is 5.30. The molecule has 13 heavy (non-hydrogen) atoms. The summed E-state index contributed by atoms with van der Waals surface area (Å²) in [6.07, 6.45) is 5.30. The van der Waals surface area contributed by atoms with Crippen LogP contribution in [0.25, 0.3) is 5.65 Å². The van der Waals surface area contributed by atoms with E-state index in [0.29, 0.717) is 16.6 Å². The van der Waals surface area contributed by atoms with Gasteiger partial charge in [-0.3, -0.25) is 0 Å². The van der Waals surface area contributed by atoms with Crippen molar-refractivity contribution in [3.8, 4) is 0 Å². The fourth-order valence-electron chi connectivity index (χ4n) is 0.991. The minimum Gasteiger partial charge on any atom is -0.305 e. The molecule has 0 spiro atoms. The Hall–Kier alpha value is -1.34. The molecule has 0 saturated heterocycles. The smallest absolute Gasteiger partial charge is 0.209 e. The summed E-state index contributed by atoms with van der Waals surface area (Å²) in [5.41, 5.74) is 3.11. The van der Waals surface area contributed by atoms with Crippen LogP contribution >= 0.6 is 11.8 Å². The Balaban J connectivity index is 2.70. The summed E-state index contributed by atoms with van der Waals surface area (Å²) in [4.78, 5) is 8.19. The summed E-state index contributed by atoms with van der Waals surface area (Å²) in [6, 6.07) is 0. The lowest BCUT2D eigenvalue weighted by Crippen LogP contribution is -2.12. The van der Waals surface area contributed by atoms with Gasteiger partial charge in [-0.05, 0) is 6.26 Å². The number of nitrogens with two attached hydrogens (primary N) is 1. The van der Waals surface area contributed by atoms with E-state index in [9.17, 15) is 0 Å². The van der Waals surface area contributed by atoms with Crippen LogP contribution in [-0.4, -0.2) is 25.8 Å². The van der Waals surface area contributed by atoms with Gasteiger partial charge in [0.1, 0.15) is 0 Å². The van der Waals surface area contributed by atoms with Crippen molar-refractivity contribution in [1.29, 1.82) is 0 Å². The van der Waals surface area contributed by atoms with Crippen molar-refractivity contribution < 1.29 is 0 Å².